The summed E-state index contributed by atoms with van der Waals surface area (Å²) in [5.41, 5.74) is -1.01. The highest BCUT2D eigenvalue weighted by molar-refractivity contribution is 6.33. The molecule has 0 saturated carbocycles. The molecule has 7 nitrogen and oxygen atoms in total. The summed E-state index contributed by atoms with van der Waals surface area (Å²) in [7, 11) is 0. The molecular formula is C15H9ClF2N2O5. The predicted molar refractivity (Wildman–Crippen MR) is 83.4 cm³/mol. The lowest BCUT2D eigenvalue weighted by atomic mass is 10.2. The van der Waals surface area contributed by atoms with Gasteiger partial charge in [-0.05, 0) is 24.3 Å². The number of rotatable bonds is 5. The van der Waals surface area contributed by atoms with Gasteiger partial charge in [0.05, 0.1) is 21.2 Å². The number of carbonyl (C=O) groups is 2. The lowest BCUT2D eigenvalue weighted by Gasteiger charge is -2.08. The summed E-state index contributed by atoms with van der Waals surface area (Å²) in [4.78, 5) is 33.4. The first-order chi connectivity index (χ1) is 11.8. The maximum Gasteiger partial charge on any atom is 0.340 e. The van der Waals surface area contributed by atoms with Gasteiger partial charge in [-0.15, -0.1) is 0 Å². The number of nitrogens with zero attached hydrogens (tertiary/aromatic N) is 1. The van der Waals surface area contributed by atoms with Gasteiger partial charge >= 0.3 is 5.97 Å². The van der Waals surface area contributed by atoms with Gasteiger partial charge in [0.15, 0.2) is 6.61 Å². The molecule has 2 rings (SSSR count). The number of hydrogen-bond acceptors (Lipinski definition) is 5. The number of anilines is 1. The molecule has 0 atom stereocenters. The van der Waals surface area contributed by atoms with E-state index in [1.165, 1.54) is 0 Å². The van der Waals surface area contributed by atoms with E-state index in [1.807, 2.05) is 5.32 Å². The van der Waals surface area contributed by atoms with Crippen LogP contribution in [0.25, 0.3) is 0 Å². The molecule has 0 bridgehead atoms. The fraction of sp³-hybridized carbons (Fsp3) is 0.0667. The highest BCUT2D eigenvalue weighted by atomic mass is 35.5. The predicted octanol–water partition coefficient (Wildman–Crippen LogP) is 3.32. The zero-order valence-electron chi connectivity index (χ0n) is 12.3. The third kappa shape index (κ3) is 4.70. The average molecular weight is 371 g/mol. The van der Waals surface area contributed by atoms with E-state index in [0.29, 0.717) is 0 Å². The van der Waals surface area contributed by atoms with Crippen LogP contribution in [0.4, 0.5) is 20.2 Å². The Labute approximate surface area is 144 Å². The summed E-state index contributed by atoms with van der Waals surface area (Å²) >= 11 is 5.68. The summed E-state index contributed by atoms with van der Waals surface area (Å²) in [6.45, 7) is -0.797. The van der Waals surface area contributed by atoms with Crippen LogP contribution in [0.1, 0.15) is 10.4 Å². The molecule has 10 heteroatoms. The van der Waals surface area contributed by atoms with E-state index in [1.54, 1.807) is 0 Å². The Morgan fingerprint density at radius 2 is 1.92 bits per heavy atom. The van der Waals surface area contributed by atoms with E-state index in [4.69, 9.17) is 11.6 Å². The third-order valence-electron chi connectivity index (χ3n) is 2.92. The highest BCUT2D eigenvalue weighted by Crippen LogP contribution is 2.21. The average Bonchev–Trinajstić information content (AvgIpc) is 2.54. The summed E-state index contributed by atoms with van der Waals surface area (Å²) in [6.07, 6.45) is 0. The van der Waals surface area contributed by atoms with Crippen molar-refractivity contribution < 1.29 is 28.0 Å². The van der Waals surface area contributed by atoms with E-state index in [0.717, 1.165) is 36.4 Å². The molecule has 2 aromatic carbocycles. The zero-order valence-corrected chi connectivity index (χ0v) is 13.0. The molecule has 0 unspecified atom stereocenters. The molecule has 0 radical (unpaired) electrons. The number of amides is 1. The second-order valence-corrected chi connectivity index (χ2v) is 5.08. The van der Waals surface area contributed by atoms with Crippen molar-refractivity contribution in [1.82, 2.24) is 0 Å². The molecule has 0 aromatic heterocycles. The first-order valence-corrected chi connectivity index (χ1v) is 7.01. The van der Waals surface area contributed by atoms with E-state index in [-0.39, 0.29) is 10.6 Å². The molecule has 0 aliphatic heterocycles. The van der Waals surface area contributed by atoms with Crippen molar-refractivity contribution in [2.75, 3.05) is 11.9 Å². The Kier molecular flexibility index (Phi) is 5.60. The molecule has 0 fully saturated rings. The molecule has 0 aliphatic rings. The summed E-state index contributed by atoms with van der Waals surface area (Å²) in [5, 5.41) is 12.5. The topological polar surface area (TPSA) is 98.5 Å². The first-order valence-electron chi connectivity index (χ1n) is 6.64. The molecular weight excluding hydrogens is 362 g/mol. The minimum Gasteiger partial charge on any atom is -0.452 e. The van der Waals surface area contributed by atoms with Gasteiger partial charge in [-0.1, -0.05) is 11.6 Å². The van der Waals surface area contributed by atoms with Crippen LogP contribution in [0.2, 0.25) is 5.02 Å². The lowest BCUT2D eigenvalue weighted by Crippen LogP contribution is -2.21. The van der Waals surface area contributed by atoms with Crippen molar-refractivity contribution in [2.24, 2.45) is 0 Å². The normalized spacial score (nSPS) is 10.2. The van der Waals surface area contributed by atoms with Gasteiger partial charge in [0.25, 0.3) is 11.6 Å². The largest absolute Gasteiger partial charge is 0.452 e. The Balaban J connectivity index is 2.00. The lowest BCUT2D eigenvalue weighted by molar-refractivity contribution is -0.384. The van der Waals surface area contributed by atoms with Crippen molar-refractivity contribution in [1.29, 1.82) is 0 Å². The number of nitro groups is 1. The number of carbonyl (C=O) groups excluding carboxylic acids is 2. The quantitative estimate of drug-likeness (QED) is 0.494. The van der Waals surface area contributed by atoms with Crippen molar-refractivity contribution in [3.8, 4) is 0 Å². The number of halogens is 3. The number of nitrogens with one attached hydrogen (secondary N) is 1. The molecule has 1 amide bonds. The molecule has 0 spiro atoms. The van der Waals surface area contributed by atoms with Gasteiger partial charge in [0.1, 0.15) is 11.6 Å². The maximum atomic E-state index is 13.5. The summed E-state index contributed by atoms with van der Waals surface area (Å²) < 4.78 is 31.1. The first kappa shape index (κ1) is 18.3. The summed E-state index contributed by atoms with van der Waals surface area (Å²) in [5.74, 6) is -3.46. The Bertz CT molecular complexity index is 860. The van der Waals surface area contributed by atoms with Gasteiger partial charge < -0.3 is 10.1 Å². The van der Waals surface area contributed by atoms with Crippen LogP contribution in [0.3, 0.4) is 0 Å². The number of ether oxygens (including phenoxy) is 1. The number of nitro benzene ring substituents is 1. The van der Waals surface area contributed by atoms with E-state index < -0.39 is 46.4 Å². The standard InChI is InChI=1S/C15H9ClF2N2O5/c16-11-5-8(17)1-3-10(11)15(22)25-7-14(21)19-13-6-9(20(23)24)2-4-12(13)18/h1-6H,7H2,(H,19,21). The van der Waals surface area contributed by atoms with E-state index >= 15 is 0 Å². The molecule has 2 aromatic rings. The minimum absolute atomic E-state index is 0.155. The van der Waals surface area contributed by atoms with Crippen LogP contribution >= 0.6 is 11.6 Å². The van der Waals surface area contributed by atoms with Gasteiger partial charge in [-0.3, -0.25) is 14.9 Å². The monoisotopic (exact) mass is 370 g/mol. The van der Waals surface area contributed by atoms with Crippen LogP contribution in [-0.4, -0.2) is 23.4 Å². The SMILES string of the molecule is O=C(COC(=O)c1ccc(F)cc1Cl)Nc1cc([N+](=O)[O-])ccc1F. The van der Waals surface area contributed by atoms with Crippen molar-refractivity contribution in [3.05, 3.63) is 68.7 Å². The zero-order chi connectivity index (χ0) is 18.6. The van der Waals surface area contributed by atoms with Crippen LogP contribution in [0.5, 0.6) is 0 Å². The second kappa shape index (κ2) is 7.67. The van der Waals surface area contributed by atoms with Gasteiger partial charge in [0, 0.05) is 12.1 Å². The van der Waals surface area contributed by atoms with Crippen molar-refractivity contribution >= 4 is 34.9 Å². The van der Waals surface area contributed by atoms with Gasteiger partial charge in [-0.25, -0.2) is 13.6 Å². The fourth-order valence-electron chi connectivity index (χ4n) is 1.77. The molecule has 0 saturated heterocycles. The van der Waals surface area contributed by atoms with Crippen LogP contribution < -0.4 is 5.32 Å². The molecule has 25 heavy (non-hydrogen) atoms. The van der Waals surface area contributed by atoms with Crippen LogP contribution in [0.15, 0.2) is 36.4 Å². The number of benzene rings is 2. The minimum atomic E-state index is -0.986. The molecule has 1 N–H and O–H groups in total. The second-order valence-electron chi connectivity index (χ2n) is 4.67. The number of hydrogen-bond donors (Lipinski definition) is 1. The smallest absolute Gasteiger partial charge is 0.340 e. The summed E-state index contributed by atoms with van der Waals surface area (Å²) in [6, 6.07) is 5.54. The Morgan fingerprint density at radius 1 is 1.20 bits per heavy atom. The highest BCUT2D eigenvalue weighted by Gasteiger charge is 2.16. The fourth-order valence-corrected chi connectivity index (χ4v) is 2.02. The Morgan fingerprint density at radius 3 is 2.56 bits per heavy atom. The van der Waals surface area contributed by atoms with Gasteiger partial charge in [0.2, 0.25) is 0 Å². The molecule has 130 valence electrons. The maximum absolute atomic E-state index is 13.5. The Hall–Kier alpha value is -3.07. The van der Waals surface area contributed by atoms with E-state index in [9.17, 15) is 28.5 Å². The number of esters is 1. The van der Waals surface area contributed by atoms with Crippen LogP contribution in [-0.2, 0) is 9.53 Å². The van der Waals surface area contributed by atoms with Gasteiger partial charge in [-0.2, -0.15) is 0 Å². The van der Waals surface area contributed by atoms with Crippen molar-refractivity contribution in [2.45, 2.75) is 0 Å². The third-order valence-corrected chi connectivity index (χ3v) is 3.23. The van der Waals surface area contributed by atoms with E-state index in [2.05, 4.69) is 4.74 Å². The van der Waals surface area contributed by atoms with Crippen molar-refractivity contribution in [3.63, 3.8) is 0 Å². The molecule has 0 heterocycles. The molecule has 0 aliphatic carbocycles. The van der Waals surface area contributed by atoms with Crippen LogP contribution in [0, 0.1) is 21.7 Å². The number of non-ortho nitro benzene ring substituents is 1.